The number of hydrogen-bond acceptors (Lipinski definition) is 2. The zero-order chi connectivity index (χ0) is 13.8. The average Bonchev–Trinajstić information content (AvgIpc) is 2.26. The van der Waals surface area contributed by atoms with Crippen LogP contribution in [0, 0.1) is 12.8 Å². The first-order valence-corrected chi connectivity index (χ1v) is 6.65. The molecule has 0 saturated carbocycles. The van der Waals surface area contributed by atoms with Crippen molar-refractivity contribution in [3.8, 4) is 0 Å². The van der Waals surface area contributed by atoms with Gasteiger partial charge in [-0.3, -0.25) is 9.59 Å². The monoisotopic (exact) mass is 260 g/mol. The highest BCUT2D eigenvalue weighted by Crippen LogP contribution is 2.15. The van der Waals surface area contributed by atoms with E-state index in [1.54, 1.807) is 4.90 Å². The first-order chi connectivity index (χ1) is 9.06. The fraction of sp³-hybridized carbons (Fsp3) is 0.467. The molecule has 0 unspecified atom stereocenters. The molecule has 19 heavy (non-hydrogen) atoms. The summed E-state index contributed by atoms with van der Waals surface area (Å²) < 4.78 is 0. The molecule has 2 amide bonds. The molecule has 0 spiro atoms. The highest BCUT2D eigenvalue weighted by Gasteiger charge is 2.33. The van der Waals surface area contributed by atoms with Crippen LogP contribution in [0.1, 0.15) is 18.1 Å². The lowest BCUT2D eigenvalue weighted by atomic mass is 9.99. The molecule has 1 heterocycles. The normalized spacial score (nSPS) is 14.9. The Labute approximate surface area is 113 Å². The molecule has 1 aliphatic rings. The summed E-state index contributed by atoms with van der Waals surface area (Å²) in [6.07, 6.45) is 0.844. The summed E-state index contributed by atoms with van der Waals surface area (Å²) in [5, 5.41) is 2.94. The number of nitrogens with zero attached hydrogens (tertiary/aromatic N) is 1. The molecule has 0 bridgehead atoms. The van der Waals surface area contributed by atoms with E-state index in [0.29, 0.717) is 19.6 Å². The van der Waals surface area contributed by atoms with Crippen LogP contribution in [0.3, 0.4) is 0 Å². The zero-order valence-electron chi connectivity index (χ0n) is 11.5. The van der Waals surface area contributed by atoms with Crippen molar-refractivity contribution in [2.75, 3.05) is 19.6 Å². The van der Waals surface area contributed by atoms with Crippen LogP contribution in [0.2, 0.25) is 0 Å². The lowest BCUT2D eigenvalue weighted by Gasteiger charge is -2.37. The van der Waals surface area contributed by atoms with Crippen molar-refractivity contribution < 1.29 is 9.59 Å². The van der Waals surface area contributed by atoms with Crippen molar-refractivity contribution in [1.29, 1.82) is 0 Å². The van der Waals surface area contributed by atoms with Crippen molar-refractivity contribution in [3.63, 3.8) is 0 Å². The molecule has 1 saturated heterocycles. The highest BCUT2D eigenvalue weighted by molar-refractivity contribution is 5.83. The number of carbonyl (C=O) groups is 2. The summed E-state index contributed by atoms with van der Waals surface area (Å²) in [7, 11) is 0. The largest absolute Gasteiger partial charge is 0.355 e. The molecule has 0 atom stereocenters. The van der Waals surface area contributed by atoms with Crippen molar-refractivity contribution in [2.45, 2.75) is 20.3 Å². The smallest absolute Gasteiger partial charge is 0.226 e. The molecule has 1 N–H and O–H groups in total. The second-order valence-corrected chi connectivity index (χ2v) is 5.15. The Morgan fingerprint density at radius 3 is 2.74 bits per heavy atom. The van der Waals surface area contributed by atoms with Gasteiger partial charge in [-0.05, 0) is 18.9 Å². The van der Waals surface area contributed by atoms with Gasteiger partial charge in [0.2, 0.25) is 11.8 Å². The maximum Gasteiger partial charge on any atom is 0.226 e. The van der Waals surface area contributed by atoms with Crippen molar-refractivity contribution in [2.24, 2.45) is 5.92 Å². The molecular formula is C15H20N2O2. The van der Waals surface area contributed by atoms with Crippen molar-refractivity contribution in [1.82, 2.24) is 10.2 Å². The molecule has 1 aliphatic heterocycles. The number of hydrogen-bond donors (Lipinski definition) is 1. The first-order valence-electron chi connectivity index (χ1n) is 6.65. The Balaban J connectivity index is 1.69. The van der Waals surface area contributed by atoms with Gasteiger partial charge in [0, 0.05) is 26.6 Å². The number of nitrogens with one attached hydrogen (secondary N) is 1. The first kappa shape index (κ1) is 13.6. The number of rotatable bonds is 4. The Morgan fingerprint density at radius 2 is 2.11 bits per heavy atom. The van der Waals surface area contributed by atoms with Crippen LogP contribution in [-0.4, -0.2) is 36.3 Å². The van der Waals surface area contributed by atoms with Gasteiger partial charge in [0.05, 0.1) is 5.92 Å². The van der Waals surface area contributed by atoms with E-state index in [-0.39, 0.29) is 17.7 Å². The summed E-state index contributed by atoms with van der Waals surface area (Å²) >= 11 is 0. The molecule has 0 radical (unpaired) electrons. The van der Waals surface area contributed by atoms with Crippen LogP contribution in [-0.2, 0) is 16.0 Å². The van der Waals surface area contributed by atoms with E-state index >= 15 is 0 Å². The minimum atomic E-state index is -0.0265. The van der Waals surface area contributed by atoms with Crippen LogP contribution < -0.4 is 5.32 Å². The lowest BCUT2D eigenvalue weighted by molar-refractivity contribution is -0.141. The number of likely N-dealkylation sites (tertiary alicyclic amines) is 1. The standard InChI is InChI=1S/C15H20N2O2/c1-11-4-3-5-13(8-11)6-7-16-15(19)14-9-17(10-14)12(2)18/h3-5,8,14H,6-7,9-10H2,1-2H3,(H,16,19). The molecule has 0 aliphatic carbocycles. The van der Waals surface area contributed by atoms with Gasteiger partial charge in [-0.25, -0.2) is 0 Å². The third kappa shape index (κ3) is 3.56. The zero-order valence-corrected chi connectivity index (χ0v) is 11.5. The van der Waals surface area contributed by atoms with Crippen molar-refractivity contribution in [3.05, 3.63) is 35.4 Å². The molecule has 1 fully saturated rings. The van der Waals surface area contributed by atoms with Crippen LogP contribution in [0.5, 0.6) is 0 Å². The highest BCUT2D eigenvalue weighted by atomic mass is 16.2. The van der Waals surface area contributed by atoms with Gasteiger partial charge < -0.3 is 10.2 Å². The molecule has 4 nitrogen and oxygen atoms in total. The third-order valence-corrected chi connectivity index (χ3v) is 3.49. The molecule has 1 aromatic carbocycles. The summed E-state index contributed by atoms with van der Waals surface area (Å²) in [5.74, 6) is 0.0790. The van der Waals surface area contributed by atoms with Crippen LogP contribution in [0.15, 0.2) is 24.3 Å². The Kier molecular flexibility index (Phi) is 4.20. The molecule has 102 valence electrons. The Bertz CT molecular complexity index is 479. The second-order valence-electron chi connectivity index (χ2n) is 5.15. The predicted octanol–water partition coefficient (Wildman–Crippen LogP) is 1.13. The minimum absolute atomic E-state index is 0.0265. The summed E-state index contributed by atoms with van der Waals surface area (Å²) in [6.45, 7) is 5.37. The van der Waals surface area contributed by atoms with Gasteiger partial charge in [-0.1, -0.05) is 29.8 Å². The fourth-order valence-electron chi connectivity index (χ4n) is 2.24. The maximum absolute atomic E-state index is 11.8. The maximum atomic E-state index is 11.8. The van der Waals surface area contributed by atoms with E-state index in [1.165, 1.54) is 18.1 Å². The van der Waals surface area contributed by atoms with Crippen LogP contribution in [0.4, 0.5) is 0 Å². The number of aryl methyl sites for hydroxylation is 1. The van der Waals surface area contributed by atoms with Gasteiger partial charge >= 0.3 is 0 Å². The summed E-state index contributed by atoms with van der Waals surface area (Å²) in [4.78, 5) is 24.5. The van der Waals surface area contributed by atoms with E-state index in [2.05, 4.69) is 30.4 Å². The number of benzene rings is 1. The second kappa shape index (κ2) is 5.87. The summed E-state index contributed by atoms with van der Waals surface area (Å²) in [5.41, 5.74) is 2.47. The van der Waals surface area contributed by atoms with E-state index in [4.69, 9.17) is 0 Å². The van der Waals surface area contributed by atoms with Gasteiger partial charge in [-0.2, -0.15) is 0 Å². The Hall–Kier alpha value is -1.84. The van der Waals surface area contributed by atoms with Gasteiger partial charge in [0.15, 0.2) is 0 Å². The third-order valence-electron chi connectivity index (χ3n) is 3.49. The van der Waals surface area contributed by atoms with Gasteiger partial charge in [-0.15, -0.1) is 0 Å². The molecular weight excluding hydrogens is 240 g/mol. The van der Waals surface area contributed by atoms with E-state index in [1.807, 2.05) is 6.07 Å². The van der Waals surface area contributed by atoms with Crippen LogP contribution in [0.25, 0.3) is 0 Å². The SMILES string of the molecule is CC(=O)N1CC(C(=O)NCCc2cccc(C)c2)C1. The fourth-order valence-corrected chi connectivity index (χ4v) is 2.24. The van der Waals surface area contributed by atoms with Crippen molar-refractivity contribution >= 4 is 11.8 Å². The average molecular weight is 260 g/mol. The van der Waals surface area contributed by atoms with E-state index in [0.717, 1.165) is 6.42 Å². The Morgan fingerprint density at radius 1 is 1.37 bits per heavy atom. The van der Waals surface area contributed by atoms with Gasteiger partial charge in [0.25, 0.3) is 0 Å². The molecule has 4 heteroatoms. The predicted molar refractivity (Wildman–Crippen MR) is 73.6 cm³/mol. The molecule has 1 aromatic rings. The topological polar surface area (TPSA) is 49.4 Å². The van der Waals surface area contributed by atoms with Crippen LogP contribution >= 0.6 is 0 Å². The minimum Gasteiger partial charge on any atom is -0.355 e. The van der Waals surface area contributed by atoms with E-state index in [9.17, 15) is 9.59 Å². The molecule has 2 rings (SSSR count). The summed E-state index contributed by atoms with van der Waals surface area (Å²) in [6, 6.07) is 8.29. The van der Waals surface area contributed by atoms with Gasteiger partial charge in [0.1, 0.15) is 0 Å². The number of carbonyl (C=O) groups excluding carboxylic acids is 2. The van der Waals surface area contributed by atoms with E-state index < -0.39 is 0 Å². The molecule has 0 aromatic heterocycles. The lowest BCUT2D eigenvalue weighted by Crippen LogP contribution is -2.55. The quantitative estimate of drug-likeness (QED) is 0.882. The number of amides is 2.